The van der Waals surface area contributed by atoms with Crippen LogP contribution in [0.15, 0.2) is 46.2 Å². The van der Waals surface area contributed by atoms with Gasteiger partial charge in [-0.15, -0.1) is 0 Å². The number of anilines is 1. The minimum atomic E-state index is -3.85. The summed E-state index contributed by atoms with van der Waals surface area (Å²) in [6.07, 6.45) is 1.79. The largest absolute Gasteiger partial charge is 0.302 e. The Balaban J connectivity index is 1.42. The normalized spacial score (nSPS) is 16.2. The summed E-state index contributed by atoms with van der Waals surface area (Å²) in [6, 6.07) is 9.42. The molecule has 1 aliphatic rings. The molecule has 0 bridgehead atoms. The highest BCUT2D eigenvalue weighted by atomic mass is 32.2. The van der Waals surface area contributed by atoms with Crippen molar-refractivity contribution in [2.75, 3.05) is 24.7 Å². The minimum Gasteiger partial charge on any atom is -0.302 e. The van der Waals surface area contributed by atoms with E-state index in [0.717, 1.165) is 22.0 Å². The fraction of sp³-hybridized carbons (Fsp3) is 0.364. The second-order valence-electron chi connectivity index (χ2n) is 8.34. The molecule has 176 valence electrons. The van der Waals surface area contributed by atoms with Crippen molar-refractivity contribution in [3.8, 4) is 0 Å². The van der Waals surface area contributed by atoms with E-state index in [-0.39, 0.29) is 34.7 Å². The van der Waals surface area contributed by atoms with Crippen LogP contribution in [0, 0.1) is 19.8 Å². The highest BCUT2D eigenvalue weighted by Gasteiger charge is 2.32. The van der Waals surface area contributed by atoms with E-state index in [4.69, 9.17) is 0 Å². The molecule has 0 saturated carbocycles. The van der Waals surface area contributed by atoms with Gasteiger partial charge >= 0.3 is 0 Å². The number of fused-ring (bicyclic) bond motifs is 1. The summed E-state index contributed by atoms with van der Waals surface area (Å²) in [7, 11) is -7.37. The lowest BCUT2D eigenvalue weighted by molar-refractivity contribution is -0.120. The first-order chi connectivity index (χ1) is 15.4. The summed E-state index contributed by atoms with van der Waals surface area (Å²) in [5.41, 5.74) is 3.15. The van der Waals surface area contributed by atoms with Gasteiger partial charge < -0.3 is 5.32 Å². The predicted molar refractivity (Wildman–Crippen MR) is 129 cm³/mol. The Hall–Kier alpha value is -2.34. The molecule has 2 aromatic carbocycles. The fourth-order valence-electron chi connectivity index (χ4n) is 3.81. The quantitative estimate of drug-likeness (QED) is 0.567. The van der Waals surface area contributed by atoms with Crippen molar-refractivity contribution in [1.82, 2.24) is 9.29 Å². The Morgan fingerprint density at radius 3 is 2.33 bits per heavy atom. The summed E-state index contributed by atoms with van der Waals surface area (Å²) in [4.78, 5) is 17.2. The first-order valence-corrected chi connectivity index (χ1v) is 14.6. The number of carbonyl (C=O) groups excluding carboxylic acids is 1. The van der Waals surface area contributed by atoms with Crippen LogP contribution in [0.3, 0.4) is 0 Å². The van der Waals surface area contributed by atoms with Gasteiger partial charge in [0.1, 0.15) is 0 Å². The summed E-state index contributed by atoms with van der Waals surface area (Å²) in [5.74, 6) is -0.493. The smallest absolute Gasteiger partial charge is 0.243 e. The van der Waals surface area contributed by atoms with E-state index >= 15 is 0 Å². The van der Waals surface area contributed by atoms with Crippen molar-refractivity contribution in [2.24, 2.45) is 5.92 Å². The average Bonchev–Trinajstić information content (AvgIpc) is 3.14. The van der Waals surface area contributed by atoms with Gasteiger partial charge in [-0.3, -0.25) is 4.79 Å². The van der Waals surface area contributed by atoms with Gasteiger partial charge in [0.25, 0.3) is 0 Å². The summed E-state index contributed by atoms with van der Waals surface area (Å²) < 4.78 is 51.9. The molecule has 3 aromatic rings. The number of nitrogens with one attached hydrogen (secondary N) is 1. The van der Waals surface area contributed by atoms with Crippen molar-refractivity contribution in [2.45, 2.75) is 36.5 Å². The number of amides is 1. The van der Waals surface area contributed by atoms with Crippen molar-refractivity contribution >= 4 is 52.5 Å². The second kappa shape index (κ2) is 8.79. The van der Waals surface area contributed by atoms with Gasteiger partial charge in [0, 0.05) is 25.3 Å². The Morgan fingerprint density at radius 1 is 1.03 bits per heavy atom. The minimum absolute atomic E-state index is 0.0425. The number of sulfone groups is 1. The SMILES string of the molecule is Cc1cc2nc(NC(=O)C3CCN(S(=O)(=O)c4cccc(S(C)(=O)=O)c4)CC3)sc2cc1C. The molecular formula is C22H25N3O5S3. The highest BCUT2D eigenvalue weighted by Crippen LogP contribution is 2.30. The van der Waals surface area contributed by atoms with Crippen LogP contribution in [-0.4, -0.2) is 51.4 Å². The van der Waals surface area contributed by atoms with E-state index in [1.54, 1.807) is 0 Å². The molecule has 33 heavy (non-hydrogen) atoms. The number of rotatable bonds is 5. The second-order valence-corrected chi connectivity index (χ2v) is 13.3. The average molecular weight is 508 g/mol. The van der Waals surface area contributed by atoms with Crippen molar-refractivity contribution in [3.63, 3.8) is 0 Å². The molecule has 1 aromatic heterocycles. The Morgan fingerprint density at radius 2 is 1.67 bits per heavy atom. The molecule has 1 amide bonds. The van der Waals surface area contributed by atoms with Crippen LogP contribution in [0.1, 0.15) is 24.0 Å². The van der Waals surface area contributed by atoms with Gasteiger partial charge in [-0.05, 0) is 68.1 Å². The van der Waals surface area contributed by atoms with Gasteiger partial charge in [-0.1, -0.05) is 17.4 Å². The van der Waals surface area contributed by atoms with Crippen LogP contribution in [0.5, 0.6) is 0 Å². The standard InChI is InChI=1S/C22H25N3O5S3/c1-14-11-19-20(12-15(14)2)31-22(23-19)24-21(26)16-7-9-25(10-8-16)33(29,30)18-6-4-5-17(13-18)32(3,27)28/h4-6,11-13,16H,7-10H2,1-3H3,(H,23,24,26). The molecular weight excluding hydrogens is 482 g/mol. The number of sulfonamides is 1. The van der Waals surface area contributed by atoms with Crippen LogP contribution in [0.2, 0.25) is 0 Å². The number of hydrogen-bond acceptors (Lipinski definition) is 7. The van der Waals surface area contributed by atoms with E-state index in [2.05, 4.69) is 16.4 Å². The van der Waals surface area contributed by atoms with Crippen molar-refractivity contribution in [3.05, 3.63) is 47.5 Å². The van der Waals surface area contributed by atoms with Crippen LogP contribution in [-0.2, 0) is 24.7 Å². The molecule has 0 radical (unpaired) electrons. The molecule has 8 nitrogen and oxygen atoms in total. The molecule has 0 spiro atoms. The van der Waals surface area contributed by atoms with Gasteiger partial charge in [0.05, 0.1) is 20.0 Å². The van der Waals surface area contributed by atoms with Gasteiger partial charge in [-0.2, -0.15) is 4.31 Å². The van der Waals surface area contributed by atoms with E-state index in [1.165, 1.54) is 45.5 Å². The van der Waals surface area contributed by atoms with E-state index in [1.807, 2.05) is 19.9 Å². The molecule has 1 aliphatic heterocycles. The number of piperidine rings is 1. The molecule has 0 atom stereocenters. The van der Waals surface area contributed by atoms with E-state index < -0.39 is 19.9 Å². The van der Waals surface area contributed by atoms with Gasteiger partial charge in [0.15, 0.2) is 15.0 Å². The third kappa shape index (κ3) is 4.96. The van der Waals surface area contributed by atoms with Crippen LogP contribution in [0.4, 0.5) is 5.13 Å². The lowest BCUT2D eigenvalue weighted by Crippen LogP contribution is -2.41. The number of aromatic nitrogens is 1. The molecule has 2 heterocycles. The first-order valence-electron chi connectivity index (χ1n) is 10.4. The molecule has 1 fully saturated rings. The van der Waals surface area contributed by atoms with E-state index in [9.17, 15) is 21.6 Å². The third-order valence-corrected chi connectivity index (χ3v) is 9.87. The number of hydrogen-bond donors (Lipinski definition) is 1. The molecule has 1 saturated heterocycles. The number of benzene rings is 2. The first kappa shape index (κ1) is 23.8. The Bertz CT molecular complexity index is 1400. The van der Waals surface area contributed by atoms with Crippen LogP contribution < -0.4 is 5.32 Å². The van der Waals surface area contributed by atoms with Crippen LogP contribution in [0.25, 0.3) is 10.2 Å². The molecule has 11 heteroatoms. The van der Waals surface area contributed by atoms with Crippen molar-refractivity contribution in [1.29, 1.82) is 0 Å². The zero-order valence-electron chi connectivity index (χ0n) is 18.5. The highest BCUT2D eigenvalue weighted by molar-refractivity contribution is 7.91. The van der Waals surface area contributed by atoms with Gasteiger partial charge in [0.2, 0.25) is 15.9 Å². The summed E-state index contributed by atoms with van der Waals surface area (Å²) >= 11 is 1.42. The fourth-order valence-corrected chi connectivity index (χ4v) is 7.02. The Kier molecular flexibility index (Phi) is 6.34. The summed E-state index contributed by atoms with van der Waals surface area (Å²) in [5, 5.41) is 3.42. The topological polar surface area (TPSA) is 114 Å². The number of nitrogens with zero attached hydrogens (tertiary/aromatic N) is 2. The zero-order chi connectivity index (χ0) is 24.0. The lowest BCUT2D eigenvalue weighted by atomic mass is 9.97. The van der Waals surface area contributed by atoms with E-state index in [0.29, 0.717) is 18.0 Å². The molecule has 0 unspecified atom stereocenters. The molecule has 4 rings (SSSR count). The lowest BCUT2D eigenvalue weighted by Gasteiger charge is -2.30. The zero-order valence-corrected chi connectivity index (χ0v) is 21.0. The maximum atomic E-state index is 13.0. The maximum Gasteiger partial charge on any atom is 0.243 e. The van der Waals surface area contributed by atoms with Gasteiger partial charge in [-0.25, -0.2) is 21.8 Å². The number of carbonyl (C=O) groups is 1. The molecule has 1 N–H and O–H groups in total. The van der Waals surface area contributed by atoms with Crippen LogP contribution >= 0.6 is 11.3 Å². The third-order valence-electron chi connectivity index (χ3n) is 5.93. The molecule has 0 aliphatic carbocycles. The monoisotopic (exact) mass is 507 g/mol. The number of aryl methyl sites for hydroxylation is 2. The summed E-state index contributed by atoms with van der Waals surface area (Å²) in [6.45, 7) is 4.42. The Labute approximate surface area is 197 Å². The number of thiazole rings is 1. The van der Waals surface area contributed by atoms with Crippen molar-refractivity contribution < 1.29 is 21.6 Å². The predicted octanol–water partition coefficient (Wildman–Crippen LogP) is 3.36. The maximum absolute atomic E-state index is 13.0.